The van der Waals surface area contributed by atoms with Crippen LogP contribution in [-0.2, 0) is 10.8 Å². The van der Waals surface area contributed by atoms with Crippen molar-refractivity contribution in [3.8, 4) is 0 Å². The molecule has 0 aliphatic heterocycles. The highest BCUT2D eigenvalue weighted by atomic mass is 28.3. The molecule has 8 aromatic rings. The maximum atomic E-state index is 2.56. The highest BCUT2D eigenvalue weighted by Gasteiger charge is 2.31. The Morgan fingerprint density at radius 2 is 0.674 bits per heavy atom. The molecule has 0 bridgehead atoms. The number of hydrogen-bond acceptors (Lipinski definition) is 0. The van der Waals surface area contributed by atoms with E-state index in [2.05, 4.69) is 152 Å². The van der Waals surface area contributed by atoms with Crippen molar-refractivity contribution < 1.29 is 0 Å². The molecule has 43 heavy (non-hydrogen) atoms. The van der Waals surface area contributed by atoms with Crippen molar-refractivity contribution in [2.24, 2.45) is 0 Å². The fourth-order valence-electron chi connectivity index (χ4n) is 7.74. The molecule has 0 amide bonds. The summed E-state index contributed by atoms with van der Waals surface area (Å²) in [6, 6.07) is 38.2. The molecule has 0 heterocycles. The van der Waals surface area contributed by atoms with Gasteiger partial charge in [-0.1, -0.05) is 152 Å². The highest BCUT2D eigenvalue weighted by Crippen LogP contribution is 2.40. The minimum absolute atomic E-state index is 0.119. The molecule has 0 aliphatic rings. The van der Waals surface area contributed by atoms with Crippen molar-refractivity contribution in [3.63, 3.8) is 0 Å². The van der Waals surface area contributed by atoms with Gasteiger partial charge in [-0.15, -0.1) is 0 Å². The standard InChI is InChI=1S/C42H40Si/c1-41(2,3)31-21-27-11-9-25-15-19-35(33-17-13-29(23-31)37(27)39(25)33)43(7,8)36-20-16-26-10-12-28-22-32(42(4,5)6)24-30-14-18-34(36)40(26)38(28)30/h9-24H,1-8H3. The summed E-state index contributed by atoms with van der Waals surface area (Å²) in [4.78, 5) is 0. The first-order valence-electron chi connectivity index (χ1n) is 15.8. The second-order valence-corrected chi connectivity index (χ2v) is 19.8. The molecule has 8 rings (SSSR count). The highest BCUT2D eigenvalue weighted by molar-refractivity contribution is 7.03. The minimum atomic E-state index is -2.12. The average molecular weight is 573 g/mol. The largest absolute Gasteiger partial charge is 0.113 e. The minimum Gasteiger partial charge on any atom is -0.0616 e. The SMILES string of the molecule is CC(C)(C)c1cc2ccc3ccc([Si](C)(C)c4ccc5ccc6cc(C(C)(C)C)cc7ccc4c5c67)c4ccc(c1)c2c34. The molecule has 0 saturated heterocycles. The molecule has 0 saturated carbocycles. The van der Waals surface area contributed by atoms with Gasteiger partial charge < -0.3 is 0 Å². The van der Waals surface area contributed by atoms with Gasteiger partial charge in [-0.25, -0.2) is 0 Å². The van der Waals surface area contributed by atoms with Crippen LogP contribution in [0.3, 0.4) is 0 Å². The monoisotopic (exact) mass is 572 g/mol. The van der Waals surface area contributed by atoms with Gasteiger partial charge in [0.15, 0.2) is 0 Å². The van der Waals surface area contributed by atoms with Gasteiger partial charge in [0, 0.05) is 0 Å². The Hall–Kier alpha value is -3.94. The molecule has 212 valence electrons. The number of hydrogen-bond donors (Lipinski definition) is 0. The van der Waals surface area contributed by atoms with E-state index in [0.717, 1.165) is 0 Å². The Kier molecular flexibility index (Phi) is 5.32. The Morgan fingerprint density at radius 1 is 0.372 bits per heavy atom. The van der Waals surface area contributed by atoms with Crippen LogP contribution in [0.2, 0.25) is 13.1 Å². The van der Waals surface area contributed by atoms with Gasteiger partial charge in [0.05, 0.1) is 0 Å². The molecule has 0 aliphatic carbocycles. The summed E-state index contributed by atoms with van der Waals surface area (Å²) in [6.07, 6.45) is 0. The van der Waals surface area contributed by atoms with E-state index in [-0.39, 0.29) is 10.8 Å². The van der Waals surface area contributed by atoms with Crippen LogP contribution in [-0.4, -0.2) is 8.07 Å². The smallest absolute Gasteiger partial charge is 0.0616 e. The first-order valence-corrected chi connectivity index (χ1v) is 18.8. The molecule has 0 N–H and O–H groups in total. The van der Waals surface area contributed by atoms with Crippen LogP contribution < -0.4 is 10.4 Å². The van der Waals surface area contributed by atoms with Crippen molar-refractivity contribution in [3.05, 3.63) is 108 Å². The number of benzene rings is 8. The topological polar surface area (TPSA) is 0 Å². The lowest BCUT2D eigenvalue weighted by Gasteiger charge is -2.29. The van der Waals surface area contributed by atoms with Gasteiger partial charge in [0.25, 0.3) is 0 Å². The lowest BCUT2D eigenvalue weighted by molar-refractivity contribution is 0.591. The van der Waals surface area contributed by atoms with E-state index in [9.17, 15) is 0 Å². The molecule has 8 aromatic carbocycles. The molecule has 0 aromatic heterocycles. The molecular weight excluding hydrogens is 533 g/mol. The third-order valence-electron chi connectivity index (χ3n) is 10.3. The maximum Gasteiger partial charge on any atom is 0.113 e. The van der Waals surface area contributed by atoms with Crippen molar-refractivity contribution in [2.45, 2.75) is 65.5 Å². The number of rotatable bonds is 2. The van der Waals surface area contributed by atoms with Gasteiger partial charge in [0.2, 0.25) is 0 Å². The third kappa shape index (κ3) is 3.80. The van der Waals surface area contributed by atoms with Gasteiger partial charge in [-0.2, -0.15) is 0 Å². The quantitative estimate of drug-likeness (QED) is 0.143. The van der Waals surface area contributed by atoms with Crippen molar-refractivity contribution >= 4 is 83.1 Å². The molecule has 0 spiro atoms. The zero-order valence-electron chi connectivity index (χ0n) is 26.7. The third-order valence-corrected chi connectivity index (χ3v) is 13.8. The summed E-state index contributed by atoms with van der Waals surface area (Å²) in [6.45, 7) is 19.0. The Balaban J connectivity index is 1.39. The zero-order valence-corrected chi connectivity index (χ0v) is 27.7. The molecule has 1 heteroatoms. The van der Waals surface area contributed by atoms with Gasteiger partial charge >= 0.3 is 0 Å². The first-order chi connectivity index (χ1) is 20.3. The Bertz CT molecular complexity index is 2170. The molecule has 0 atom stereocenters. The van der Waals surface area contributed by atoms with Crippen LogP contribution in [0.25, 0.3) is 64.6 Å². The van der Waals surface area contributed by atoms with E-state index in [1.165, 1.54) is 86.1 Å². The van der Waals surface area contributed by atoms with Crippen molar-refractivity contribution in [1.29, 1.82) is 0 Å². The summed E-state index contributed by atoms with van der Waals surface area (Å²) in [5.41, 5.74) is 3.04. The lowest BCUT2D eigenvalue weighted by Crippen LogP contribution is -2.53. The van der Waals surface area contributed by atoms with E-state index in [4.69, 9.17) is 0 Å². The second kappa shape index (κ2) is 8.58. The fraction of sp³-hybridized carbons (Fsp3) is 0.238. The Morgan fingerprint density at radius 3 is 1.02 bits per heavy atom. The van der Waals surface area contributed by atoms with E-state index < -0.39 is 8.07 Å². The second-order valence-electron chi connectivity index (χ2n) is 15.5. The van der Waals surface area contributed by atoms with Crippen molar-refractivity contribution in [2.75, 3.05) is 0 Å². The summed E-state index contributed by atoms with van der Waals surface area (Å²) in [5.74, 6) is 0. The van der Waals surface area contributed by atoms with Gasteiger partial charge in [-0.05, 0) is 97.0 Å². The van der Waals surface area contributed by atoms with Crippen LogP contribution in [0.5, 0.6) is 0 Å². The average Bonchev–Trinajstić information content (AvgIpc) is 2.97. The summed E-state index contributed by atoms with van der Waals surface area (Å²) >= 11 is 0. The van der Waals surface area contributed by atoms with E-state index in [1.54, 1.807) is 0 Å². The fourth-order valence-corrected chi connectivity index (χ4v) is 10.8. The Labute approximate surface area is 256 Å². The normalized spacial score (nSPS) is 13.6. The summed E-state index contributed by atoms with van der Waals surface area (Å²) in [5, 5.41) is 19.7. The first kappa shape index (κ1) is 26.7. The predicted molar refractivity (Wildman–Crippen MR) is 194 cm³/mol. The van der Waals surface area contributed by atoms with Crippen LogP contribution in [0.4, 0.5) is 0 Å². The molecule has 0 nitrogen and oxygen atoms in total. The van der Waals surface area contributed by atoms with Crippen LogP contribution >= 0.6 is 0 Å². The van der Waals surface area contributed by atoms with Crippen LogP contribution in [0.1, 0.15) is 52.7 Å². The summed E-state index contributed by atoms with van der Waals surface area (Å²) < 4.78 is 0. The molecule has 0 fully saturated rings. The van der Waals surface area contributed by atoms with Gasteiger partial charge in [-0.3, -0.25) is 0 Å². The lowest BCUT2D eigenvalue weighted by atomic mass is 9.83. The van der Waals surface area contributed by atoms with Crippen molar-refractivity contribution in [1.82, 2.24) is 0 Å². The predicted octanol–water partition coefficient (Wildman–Crippen LogP) is 10.9. The van der Waals surface area contributed by atoms with E-state index in [0.29, 0.717) is 0 Å². The molecule has 0 radical (unpaired) electrons. The van der Waals surface area contributed by atoms with Crippen LogP contribution in [0, 0.1) is 0 Å². The molecule has 0 unspecified atom stereocenters. The molecular formula is C42H40Si. The zero-order chi connectivity index (χ0) is 30.1. The van der Waals surface area contributed by atoms with Crippen LogP contribution in [0.15, 0.2) is 97.1 Å². The summed E-state index contributed by atoms with van der Waals surface area (Å²) in [7, 11) is -2.12. The van der Waals surface area contributed by atoms with E-state index >= 15 is 0 Å². The van der Waals surface area contributed by atoms with E-state index in [1.807, 2.05) is 0 Å². The maximum absolute atomic E-state index is 2.56. The van der Waals surface area contributed by atoms with Gasteiger partial charge in [0.1, 0.15) is 8.07 Å².